The zero-order valence-corrected chi connectivity index (χ0v) is 23.5. The molecule has 41 heavy (non-hydrogen) atoms. The van der Waals surface area contributed by atoms with Crippen LogP contribution in [0.5, 0.6) is 11.5 Å². The number of fused-ring (bicyclic) bond motifs is 1. The number of hydrogen-bond donors (Lipinski definition) is 2. The molecule has 9 heteroatoms. The lowest BCUT2D eigenvalue weighted by Crippen LogP contribution is -2.06. The van der Waals surface area contributed by atoms with Crippen molar-refractivity contribution >= 4 is 22.3 Å². The van der Waals surface area contributed by atoms with Gasteiger partial charge in [-0.2, -0.15) is 0 Å². The maximum Gasteiger partial charge on any atom is 0.134 e. The molecule has 0 bridgehead atoms. The second kappa shape index (κ2) is 13.1. The Kier molecular flexibility index (Phi) is 8.95. The Morgan fingerprint density at radius 1 is 0.854 bits per heavy atom. The number of aryl methyl sites for hydroxylation is 1. The molecule has 0 saturated heterocycles. The summed E-state index contributed by atoms with van der Waals surface area (Å²) < 4.78 is 33.5. The Labute approximate surface area is 239 Å². The average Bonchev–Trinajstić information content (AvgIpc) is 3.41. The molecule has 0 unspecified atom stereocenters. The van der Waals surface area contributed by atoms with Gasteiger partial charge in [0.25, 0.3) is 0 Å². The maximum absolute atomic E-state index is 14.9. The predicted octanol–water partition coefficient (Wildman–Crippen LogP) is 6.11. The van der Waals surface area contributed by atoms with E-state index in [1.54, 1.807) is 32.7 Å². The number of hydrogen-bond acceptors (Lipinski definition) is 7. The number of pyridine rings is 1. The summed E-state index contributed by atoms with van der Waals surface area (Å²) in [6.45, 7) is 1.75. The molecule has 5 aromatic rings. The fourth-order valence-corrected chi connectivity index (χ4v) is 4.68. The topological polar surface area (TPSA) is 82.5 Å². The molecule has 212 valence electrons. The minimum Gasteiger partial charge on any atom is -0.497 e. The molecule has 2 aromatic heterocycles. The molecule has 8 nitrogen and oxygen atoms in total. The van der Waals surface area contributed by atoms with E-state index >= 15 is 0 Å². The van der Waals surface area contributed by atoms with Crippen molar-refractivity contribution in [1.82, 2.24) is 14.5 Å². The molecular weight excluding hydrogens is 521 g/mol. The molecule has 0 radical (unpaired) electrons. The lowest BCUT2D eigenvalue weighted by molar-refractivity contribution is 0.122. The molecule has 0 fully saturated rings. The molecule has 2 N–H and O–H groups in total. The van der Waals surface area contributed by atoms with E-state index in [-0.39, 0.29) is 5.82 Å². The summed E-state index contributed by atoms with van der Waals surface area (Å²) in [5, 5.41) is 8.78. The van der Waals surface area contributed by atoms with Crippen molar-refractivity contribution in [2.45, 2.75) is 26.1 Å². The third-order valence-electron chi connectivity index (χ3n) is 6.99. The quantitative estimate of drug-likeness (QED) is 0.170. The van der Waals surface area contributed by atoms with E-state index in [2.05, 4.69) is 20.6 Å². The molecule has 0 amide bonds. The van der Waals surface area contributed by atoms with Crippen LogP contribution in [-0.2, 0) is 37.9 Å². The summed E-state index contributed by atoms with van der Waals surface area (Å²) in [4.78, 5) is 8.85. The molecular formula is C32H34FN5O3. The van der Waals surface area contributed by atoms with Gasteiger partial charge in [0.1, 0.15) is 29.0 Å². The predicted molar refractivity (Wildman–Crippen MR) is 159 cm³/mol. The van der Waals surface area contributed by atoms with E-state index in [4.69, 9.17) is 14.2 Å². The van der Waals surface area contributed by atoms with Gasteiger partial charge in [-0.25, -0.2) is 14.4 Å². The smallest absolute Gasteiger partial charge is 0.134 e. The first kappa shape index (κ1) is 27.9. The average molecular weight is 556 g/mol. The van der Waals surface area contributed by atoms with Gasteiger partial charge < -0.3 is 29.4 Å². The highest BCUT2D eigenvalue weighted by atomic mass is 19.1. The molecule has 5 rings (SSSR count). The van der Waals surface area contributed by atoms with Crippen LogP contribution in [0.25, 0.3) is 10.8 Å². The van der Waals surface area contributed by atoms with Crippen LogP contribution in [0.15, 0.2) is 79.3 Å². The molecule has 0 aliphatic carbocycles. The lowest BCUT2D eigenvalue weighted by Gasteiger charge is -2.15. The van der Waals surface area contributed by atoms with Crippen molar-refractivity contribution in [2.24, 2.45) is 7.05 Å². The zero-order valence-electron chi connectivity index (χ0n) is 23.5. The highest BCUT2D eigenvalue weighted by Crippen LogP contribution is 2.30. The summed E-state index contributed by atoms with van der Waals surface area (Å²) >= 11 is 0. The Bertz CT molecular complexity index is 1620. The monoisotopic (exact) mass is 555 g/mol. The van der Waals surface area contributed by atoms with Gasteiger partial charge in [-0.05, 0) is 35.9 Å². The largest absolute Gasteiger partial charge is 0.497 e. The maximum atomic E-state index is 14.9. The van der Waals surface area contributed by atoms with E-state index in [1.807, 2.05) is 72.4 Å². The van der Waals surface area contributed by atoms with Crippen molar-refractivity contribution in [2.75, 3.05) is 31.5 Å². The van der Waals surface area contributed by atoms with Crippen molar-refractivity contribution in [3.63, 3.8) is 0 Å². The zero-order chi connectivity index (χ0) is 28.6. The fraction of sp³-hybridized carbons (Fsp3) is 0.250. The van der Waals surface area contributed by atoms with Crippen LogP contribution in [0, 0.1) is 5.82 Å². The van der Waals surface area contributed by atoms with E-state index in [0.29, 0.717) is 38.3 Å². The Hall–Kier alpha value is -4.63. The first-order chi connectivity index (χ1) is 20.1. The van der Waals surface area contributed by atoms with Gasteiger partial charge in [-0.15, -0.1) is 0 Å². The van der Waals surface area contributed by atoms with E-state index < -0.39 is 0 Å². The molecule has 0 atom stereocenters. The number of nitrogens with zero attached hydrogens (tertiary/aromatic N) is 3. The first-order valence-corrected chi connectivity index (χ1v) is 13.4. The minimum atomic E-state index is -0.264. The van der Waals surface area contributed by atoms with Gasteiger partial charge in [0, 0.05) is 78.8 Å². The number of imidazole rings is 1. The van der Waals surface area contributed by atoms with Crippen molar-refractivity contribution < 1.29 is 18.6 Å². The van der Waals surface area contributed by atoms with Crippen LogP contribution in [0.4, 0.5) is 15.9 Å². The number of aromatic nitrogens is 3. The van der Waals surface area contributed by atoms with Crippen LogP contribution in [0.3, 0.4) is 0 Å². The van der Waals surface area contributed by atoms with Crippen LogP contribution >= 0.6 is 0 Å². The van der Waals surface area contributed by atoms with Crippen LogP contribution in [0.2, 0.25) is 0 Å². The SMILES string of the molecule is COc1ccc(CNc2nccc3c(NCc4ccc(COCCc5nccn5C)cc4F)cccc23)c(OC)c1. The van der Waals surface area contributed by atoms with Gasteiger partial charge in [0.2, 0.25) is 0 Å². The first-order valence-electron chi connectivity index (χ1n) is 13.4. The number of nitrogens with one attached hydrogen (secondary N) is 2. The second-order valence-electron chi connectivity index (χ2n) is 9.63. The number of anilines is 2. The van der Waals surface area contributed by atoms with Crippen LogP contribution in [-0.4, -0.2) is 35.4 Å². The van der Waals surface area contributed by atoms with Gasteiger partial charge in [0.05, 0.1) is 27.4 Å². The summed E-state index contributed by atoms with van der Waals surface area (Å²) in [5.41, 5.74) is 3.26. The fourth-order valence-electron chi connectivity index (χ4n) is 4.68. The van der Waals surface area contributed by atoms with Gasteiger partial charge in [-0.1, -0.05) is 24.3 Å². The molecule has 0 spiro atoms. The van der Waals surface area contributed by atoms with Gasteiger partial charge in [0.15, 0.2) is 0 Å². The van der Waals surface area contributed by atoms with E-state index in [0.717, 1.165) is 50.7 Å². The number of benzene rings is 3. The molecule has 0 aliphatic rings. The highest BCUT2D eigenvalue weighted by molar-refractivity contribution is 5.99. The van der Waals surface area contributed by atoms with Gasteiger partial charge >= 0.3 is 0 Å². The Balaban J connectivity index is 1.21. The van der Waals surface area contributed by atoms with Crippen LogP contribution < -0.4 is 20.1 Å². The minimum absolute atomic E-state index is 0.264. The van der Waals surface area contributed by atoms with Crippen molar-refractivity contribution in [3.8, 4) is 11.5 Å². The normalized spacial score (nSPS) is 11.0. The molecule has 3 aromatic carbocycles. The number of halogens is 1. The second-order valence-corrected chi connectivity index (χ2v) is 9.63. The Morgan fingerprint density at radius 3 is 2.49 bits per heavy atom. The lowest BCUT2D eigenvalue weighted by atomic mass is 10.1. The third kappa shape index (κ3) is 6.75. The number of rotatable bonds is 13. The van der Waals surface area contributed by atoms with Crippen molar-refractivity contribution in [3.05, 3.63) is 108 Å². The van der Waals surface area contributed by atoms with Crippen LogP contribution in [0.1, 0.15) is 22.5 Å². The molecule has 2 heterocycles. The molecule has 0 saturated carbocycles. The van der Waals surface area contributed by atoms with E-state index in [1.165, 1.54) is 0 Å². The summed E-state index contributed by atoms with van der Waals surface area (Å²) in [6.07, 6.45) is 6.15. The van der Waals surface area contributed by atoms with E-state index in [9.17, 15) is 4.39 Å². The summed E-state index contributed by atoms with van der Waals surface area (Å²) in [5.74, 6) is 2.93. The third-order valence-corrected chi connectivity index (χ3v) is 6.99. The van der Waals surface area contributed by atoms with Gasteiger partial charge in [-0.3, -0.25) is 0 Å². The highest BCUT2D eigenvalue weighted by Gasteiger charge is 2.10. The number of methoxy groups -OCH3 is 2. The number of ether oxygens (including phenoxy) is 3. The summed E-state index contributed by atoms with van der Waals surface area (Å²) in [6, 6.07) is 18.9. The van der Waals surface area contributed by atoms with Crippen molar-refractivity contribution in [1.29, 1.82) is 0 Å². The summed E-state index contributed by atoms with van der Waals surface area (Å²) in [7, 11) is 5.23. The molecule has 0 aliphatic heterocycles. The standard InChI is InChI=1S/C32H34FN5O3/c1-38-15-14-34-31(38)12-16-41-21-22-7-8-23(28(33)17-22)19-36-29-6-4-5-27-26(29)11-13-35-32(27)37-20-24-9-10-25(39-2)18-30(24)40-3/h4-11,13-15,17-18,36H,12,16,19-21H2,1-3H3,(H,35,37). The Morgan fingerprint density at radius 2 is 1.71 bits per heavy atom.